The van der Waals surface area contributed by atoms with Crippen LogP contribution in [0.2, 0.25) is 0 Å². The largest absolute Gasteiger partial charge is 0.444 e. The zero-order valence-electron chi connectivity index (χ0n) is 14.3. The Morgan fingerprint density at radius 1 is 1.48 bits per heavy atom. The molecular formula is C16H26N4O2S. The average molecular weight is 338 g/mol. The molecule has 1 aliphatic heterocycles. The fourth-order valence-electron chi connectivity index (χ4n) is 2.19. The molecule has 0 spiro atoms. The van der Waals surface area contributed by atoms with Crippen LogP contribution in [0.15, 0.2) is 22.5 Å². The molecule has 1 aromatic heterocycles. The minimum absolute atomic E-state index is 0.218. The monoisotopic (exact) mass is 338 g/mol. The zero-order valence-corrected chi connectivity index (χ0v) is 15.1. The van der Waals surface area contributed by atoms with Gasteiger partial charge in [-0.3, -0.25) is 4.99 Å². The Balaban J connectivity index is 1.66. The van der Waals surface area contributed by atoms with Crippen molar-refractivity contribution < 1.29 is 9.53 Å². The molecule has 2 heterocycles. The SMILES string of the molecule is CN=C(NCCc1cccs1)NC1CN(C(=O)OC(C)(C)C)C1. The van der Waals surface area contributed by atoms with Gasteiger partial charge in [-0.15, -0.1) is 11.3 Å². The van der Waals surface area contributed by atoms with Gasteiger partial charge in [-0.1, -0.05) is 6.07 Å². The maximum absolute atomic E-state index is 11.9. The standard InChI is InChI=1S/C16H26N4O2S/c1-16(2,3)22-15(21)20-10-12(11-20)19-14(17-4)18-8-7-13-6-5-9-23-13/h5-6,9,12H,7-8,10-11H2,1-4H3,(H2,17,18,19). The summed E-state index contributed by atoms with van der Waals surface area (Å²) >= 11 is 1.76. The van der Waals surface area contributed by atoms with E-state index in [1.165, 1.54) is 4.88 Å². The van der Waals surface area contributed by atoms with Gasteiger partial charge in [-0.2, -0.15) is 0 Å². The number of rotatable bonds is 4. The fraction of sp³-hybridized carbons (Fsp3) is 0.625. The highest BCUT2D eigenvalue weighted by Crippen LogP contribution is 2.15. The van der Waals surface area contributed by atoms with Crippen LogP contribution >= 0.6 is 11.3 Å². The van der Waals surface area contributed by atoms with Crippen molar-refractivity contribution >= 4 is 23.4 Å². The Bertz CT molecular complexity index is 531. The highest BCUT2D eigenvalue weighted by atomic mass is 32.1. The number of aliphatic imine (C=N–C) groups is 1. The highest BCUT2D eigenvalue weighted by molar-refractivity contribution is 7.09. The maximum Gasteiger partial charge on any atom is 0.410 e. The number of amides is 1. The Kier molecular flexibility index (Phi) is 5.87. The van der Waals surface area contributed by atoms with E-state index in [0.29, 0.717) is 13.1 Å². The van der Waals surface area contributed by atoms with Crippen molar-refractivity contribution in [1.29, 1.82) is 0 Å². The molecule has 0 saturated carbocycles. The molecule has 6 nitrogen and oxygen atoms in total. The maximum atomic E-state index is 11.9. The van der Waals surface area contributed by atoms with E-state index in [1.807, 2.05) is 20.8 Å². The van der Waals surface area contributed by atoms with Gasteiger partial charge < -0.3 is 20.3 Å². The number of hydrogen-bond donors (Lipinski definition) is 2. The Morgan fingerprint density at radius 2 is 2.22 bits per heavy atom. The predicted octanol–water partition coefficient (Wildman–Crippen LogP) is 2.07. The highest BCUT2D eigenvalue weighted by Gasteiger charge is 2.34. The molecular weight excluding hydrogens is 312 g/mol. The van der Waals surface area contributed by atoms with Crippen LogP contribution in [0.1, 0.15) is 25.6 Å². The van der Waals surface area contributed by atoms with Crippen molar-refractivity contribution in [3.05, 3.63) is 22.4 Å². The fourth-order valence-corrected chi connectivity index (χ4v) is 2.90. The summed E-state index contributed by atoms with van der Waals surface area (Å²) in [7, 11) is 1.75. The number of guanidine groups is 1. The van der Waals surface area contributed by atoms with Crippen molar-refractivity contribution in [3.63, 3.8) is 0 Å². The molecule has 1 saturated heterocycles. The van der Waals surface area contributed by atoms with Crippen molar-refractivity contribution in [2.75, 3.05) is 26.7 Å². The topological polar surface area (TPSA) is 66.0 Å². The first kappa shape index (κ1) is 17.6. The molecule has 2 N–H and O–H groups in total. The predicted molar refractivity (Wildman–Crippen MR) is 94.1 cm³/mol. The van der Waals surface area contributed by atoms with Gasteiger partial charge in [0.05, 0.1) is 6.04 Å². The average Bonchev–Trinajstić information content (AvgIpc) is 2.91. The van der Waals surface area contributed by atoms with Crippen LogP contribution in [-0.4, -0.2) is 55.3 Å². The summed E-state index contributed by atoms with van der Waals surface area (Å²) in [6.07, 6.45) is 0.726. The lowest BCUT2D eigenvalue weighted by Gasteiger charge is -2.40. The molecule has 0 aliphatic carbocycles. The van der Waals surface area contributed by atoms with Gasteiger partial charge >= 0.3 is 6.09 Å². The van der Waals surface area contributed by atoms with Crippen LogP contribution in [0.3, 0.4) is 0 Å². The van der Waals surface area contributed by atoms with E-state index in [-0.39, 0.29) is 12.1 Å². The second-order valence-corrected chi connectivity index (χ2v) is 7.59. The van der Waals surface area contributed by atoms with Crippen molar-refractivity contribution in [2.45, 2.75) is 38.8 Å². The second kappa shape index (κ2) is 7.68. The van der Waals surface area contributed by atoms with Crippen molar-refractivity contribution in [3.8, 4) is 0 Å². The lowest BCUT2D eigenvalue weighted by molar-refractivity contribution is 0.00701. The summed E-state index contributed by atoms with van der Waals surface area (Å²) in [6, 6.07) is 4.41. The van der Waals surface area contributed by atoms with Crippen LogP contribution in [0.4, 0.5) is 4.79 Å². The summed E-state index contributed by atoms with van der Waals surface area (Å²) in [5.74, 6) is 0.774. The minimum atomic E-state index is -0.449. The molecule has 0 unspecified atom stereocenters. The van der Waals surface area contributed by atoms with Crippen LogP contribution in [-0.2, 0) is 11.2 Å². The van der Waals surface area contributed by atoms with Crippen LogP contribution in [0, 0.1) is 0 Å². The van der Waals surface area contributed by atoms with Gasteiger partial charge in [0.25, 0.3) is 0 Å². The van der Waals surface area contributed by atoms with Gasteiger partial charge in [-0.25, -0.2) is 4.79 Å². The molecule has 2 rings (SSSR count). The van der Waals surface area contributed by atoms with Gasteiger partial charge in [0.15, 0.2) is 5.96 Å². The van der Waals surface area contributed by atoms with Gasteiger partial charge in [-0.05, 0) is 38.6 Å². The van der Waals surface area contributed by atoms with Gasteiger partial charge in [0, 0.05) is 31.6 Å². The first-order valence-electron chi connectivity index (χ1n) is 7.85. The van der Waals surface area contributed by atoms with E-state index < -0.39 is 5.60 Å². The van der Waals surface area contributed by atoms with E-state index in [1.54, 1.807) is 23.3 Å². The van der Waals surface area contributed by atoms with Crippen LogP contribution in [0.25, 0.3) is 0 Å². The molecule has 1 amide bonds. The molecule has 1 aliphatic rings. The van der Waals surface area contributed by atoms with Gasteiger partial charge in [0.2, 0.25) is 0 Å². The third-order valence-electron chi connectivity index (χ3n) is 3.34. The third kappa shape index (κ3) is 5.74. The van der Waals surface area contributed by atoms with E-state index in [4.69, 9.17) is 4.74 Å². The number of nitrogens with zero attached hydrogens (tertiary/aromatic N) is 2. The summed E-state index contributed by atoms with van der Waals surface area (Å²) < 4.78 is 5.34. The van der Waals surface area contributed by atoms with E-state index in [9.17, 15) is 4.79 Å². The Morgan fingerprint density at radius 3 is 2.78 bits per heavy atom. The zero-order chi connectivity index (χ0) is 16.9. The van der Waals surface area contributed by atoms with Crippen LogP contribution in [0.5, 0.6) is 0 Å². The minimum Gasteiger partial charge on any atom is -0.444 e. The first-order valence-corrected chi connectivity index (χ1v) is 8.73. The Labute approximate surface area is 141 Å². The number of thiophene rings is 1. The molecule has 0 aromatic carbocycles. The molecule has 7 heteroatoms. The van der Waals surface area contributed by atoms with E-state index in [0.717, 1.165) is 18.9 Å². The normalized spacial score (nSPS) is 16.0. The van der Waals surface area contributed by atoms with Crippen molar-refractivity contribution in [1.82, 2.24) is 15.5 Å². The third-order valence-corrected chi connectivity index (χ3v) is 4.28. The van der Waals surface area contributed by atoms with Gasteiger partial charge in [0.1, 0.15) is 5.60 Å². The summed E-state index contributed by atoms with van der Waals surface area (Å²) in [6.45, 7) is 7.74. The Hall–Kier alpha value is -1.76. The molecule has 1 fully saturated rings. The summed E-state index contributed by atoms with van der Waals surface area (Å²) in [5, 5.41) is 8.71. The number of carbonyl (C=O) groups is 1. The molecule has 0 bridgehead atoms. The second-order valence-electron chi connectivity index (χ2n) is 6.55. The molecule has 0 radical (unpaired) electrons. The molecule has 1 aromatic rings. The lowest BCUT2D eigenvalue weighted by atomic mass is 10.1. The number of hydrogen-bond acceptors (Lipinski definition) is 4. The van der Waals surface area contributed by atoms with Crippen molar-refractivity contribution in [2.24, 2.45) is 4.99 Å². The van der Waals surface area contributed by atoms with Crippen LogP contribution < -0.4 is 10.6 Å². The summed E-state index contributed by atoms with van der Waals surface area (Å²) in [5.41, 5.74) is -0.449. The molecule has 0 atom stereocenters. The van der Waals surface area contributed by atoms with E-state index >= 15 is 0 Å². The number of ether oxygens (including phenoxy) is 1. The molecule has 23 heavy (non-hydrogen) atoms. The van der Waals surface area contributed by atoms with E-state index in [2.05, 4.69) is 33.1 Å². The molecule has 128 valence electrons. The lowest BCUT2D eigenvalue weighted by Crippen LogP contribution is -2.63. The smallest absolute Gasteiger partial charge is 0.410 e. The quantitative estimate of drug-likeness (QED) is 0.652. The summed E-state index contributed by atoms with van der Waals surface area (Å²) in [4.78, 5) is 19.1. The first-order chi connectivity index (χ1) is 10.9. The number of likely N-dealkylation sites (tertiary alicyclic amines) is 1. The number of carbonyl (C=O) groups excluding carboxylic acids is 1. The number of nitrogens with one attached hydrogen (secondary N) is 2.